The molecule has 1 heterocycles. The van der Waals surface area contributed by atoms with Gasteiger partial charge in [-0.3, -0.25) is 0 Å². The fraction of sp³-hybridized carbons (Fsp3) is 0.500. The van der Waals surface area contributed by atoms with E-state index < -0.39 is 0 Å². The summed E-state index contributed by atoms with van der Waals surface area (Å²) < 4.78 is 5.33. The van der Waals surface area contributed by atoms with Crippen molar-refractivity contribution in [3.63, 3.8) is 0 Å². The van der Waals surface area contributed by atoms with Crippen LogP contribution in [0.4, 0.5) is 0 Å². The van der Waals surface area contributed by atoms with E-state index >= 15 is 0 Å². The van der Waals surface area contributed by atoms with Crippen molar-refractivity contribution < 1.29 is 4.74 Å². The second-order valence-corrected chi connectivity index (χ2v) is 4.50. The number of benzene rings is 1. The summed E-state index contributed by atoms with van der Waals surface area (Å²) in [7, 11) is 0. The van der Waals surface area contributed by atoms with Crippen LogP contribution in [0.25, 0.3) is 0 Å². The molecule has 1 fully saturated rings. The highest BCUT2D eigenvalue weighted by molar-refractivity contribution is 5.32. The lowest BCUT2D eigenvalue weighted by atomic mass is 10.0. The Morgan fingerprint density at radius 3 is 2.94 bits per heavy atom. The average molecular weight is 230 g/mol. The molecule has 0 amide bonds. The number of hydrogen-bond donors (Lipinski definition) is 1. The zero-order valence-corrected chi connectivity index (χ0v) is 9.98. The minimum atomic E-state index is 0.732. The Morgan fingerprint density at radius 2 is 2.18 bits per heavy atom. The maximum atomic E-state index is 8.81. The highest BCUT2D eigenvalue weighted by Crippen LogP contribution is 2.13. The number of nitrogens with zero attached hydrogens (tertiary/aromatic N) is 1. The summed E-state index contributed by atoms with van der Waals surface area (Å²) in [4.78, 5) is 0. The van der Waals surface area contributed by atoms with Crippen molar-refractivity contribution in [3.05, 3.63) is 35.4 Å². The Hall–Kier alpha value is -1.37. The summed E-state index contributed by atoms with van der Waals surface area (Å²) in [5.41, 5.74) is 1.91. The third kappa shape index (κ3) is 3.85. The monoisotopic (exact) mass is 230 g/mol. The van der Waals surface area contributed by atoms with Crippen LogP contribution in [0.5, 0.6) is 0 Å². The van der Waals surface area contributed by atoms with E-state index in [2.05, 4.69) is 17.5 Å². The third-order valence-corrected chi connectivity index (χ3v) is 3.16. The molecule has 0 aliphatic carbocycles. The van der Waals surface area contributed by atoms with Crippen molar-refractivity contribution in [1.29, 1.82) is 5.26 Å². The lowest BCUT2D eigenvalue weighted by Gasteiger charge is -2.22. The zero-order valence-electron chi connectivity index (χ0n) is 9.98. The molecule has 0 bridgehead atoms. The van der Waals surface area contributed by atoms with Gasteiger partial charge in [-0.2, -0.15) is 5.26 Å². The Kier molecular flexibility index (Phi) is 4.54. The third-order valence-electron chi connectivity index (χ3n) is 3.16. The van der Waals surface area contributed by atoms with E-state index in [1.54, 1.807) is 0 Å². The number of hydrogen-bond acceptors (Lipinski definition) is 3. The summed E-state index contributed by atoms with van der Waals surface area (Å²) in [6.45, 7) is 3.68. The Bertz CT molecular complexity index is 391. The van der Waals surface area contributed by atoms with Crippen LogP contribution in [0, 0.1) is 17.2 Å². The molecule has 2 rings (SSSR count). The topological polar surface area (TPSA) is 45.0 Å². The van der Waals surface area contributed by atoms with Gasteiger partial charge in [-0.25, -0.2) is 0 Å². The molecular formula is C14H18N2O. The maximum Gasteiger partial charge on any atom is 0.0991 e. The summed E-state index contributed by atoms with van der Waals surface area (Å²) in [6, 6.07) is 9.93. The van der Waals surface area contributed by atoms with Crippen LogP contribution < -0.4 is 5.32 Å². The molecule has 1 aliphatic heterocycles. The first-order valence-corrected chi connectivity index (χ1v) is 6.16. The average Bonchev–Trinajstić information content (AvgIpc) is 2.40. The van der Waals surface area contributed by atoms with Crippen molar-refractivity contribution in [2.75, 3.05) is 19.8 Å². The number of nitriles is 1. The summed E-state index contributed by atoms with van der Waals surface area (Å²) in [5, 5.41) is 12.3. The van der Waals surface area contributed by atoms with Gasteiger partial charge in [0.2, 0.25) is 0 Å². The molecule has 3 nitrogen and oxygen atoms in total. The Labute approximate surface area is 102 Å². The van der Waals surface area contributed by atoms with Crippen LogP contribution in [0.1, 0.15) is 24.0 Å². The van der Waals surface area contributed by atoms with E-state index in [0.717, 1.165) is 50.6 Å². The molecule has 0 unspecified atom stereocenters. The van der Waals surface area contributed by atoms with E-state index in [4.69, 9.17) is 10.00 Å². The van der Waals surface area contributed by atoms with Crippen molar-refractivity contribution in [2.24, 2.45) is 5.92 Å². The molecule has 0 radical (unpaired) electrons. The van der Waals surface area contributed by atoms with Gasteiger partial charge in [-0.15, -0.1) is 0 Å². The SMILES string of the molecule is N#Cc1cccc(CNCC2CCOCC2)c1. The van der Waals surface area contributed by atoms with Gasteiger partial charge in [-0.05, 0) is 43.0 Å². The van der Waals surface area contributed by atoms with Crippen molar-refractivity contribution >= 4 is 0 Å². The molecule has 0 atom stereocenters. The molecule has 1 aromatic rings. The predicted octanol–water partition coefficient (Wildman–Crippen LogP) is 2.07. The minimum Gasteiger partial charge on any atom is -0.381 e. The fourth-order valence-corrected chi connectivity index (χ4v) is 2.12. The molecule has 3 heteroatoms. The molecule has 0 aromatic heterocycles. The molecule has 0 spiro atoms. The van der Waals surface area contributed by atoms with Gasteiger partial charge in [-0.1, -0.05) is 12.1 Å². The highest BCUT2D eigenvalue weighted by atomic mass is 16.5. The quantitative estimate of drug-likeness (QED) is 0.861. The molecule has 0 saturated carbocycles. The Balaban J connectivity index is 1.75. The molecule has 1 aliphatic rings. The van der Waals surface area contributed by atoms with Gasteiger partial charge >= 0.3 is 0 Å². The first kappa shape index (κ1) is 12.1. The van der Waals surface area contributed by atoms with Gasteiger partial charge in [0, 0.05) is 19.8 Å². The molecule has 17 heavy (non-hydrogen) atoms. The second kappa shape index (κ2) is 6.39. The lowest BCUT2D eigenvalue weighted by Crippen LogP contribution is -2.27. The summed E-state index contributed by atoms with van der Waals surface area (Å²) in [6.07, 6.45) is 2.32. The molecule has 1 N–H and O–H groups in total. The van der Waals surface area contributed by atoms with Crippen molar-refractivity contribution in [1.82, 2.24) is 5.32 Å². The first-order valence-electron chi connectivity index (χ1n) is 6.16. The van der Waals surface area contributed by atoms with Crippen molar-refractivity contribution in [2.45, 2.75) is 19.4 Å². The van der Waals surface area contributed by atoms with E-state index in [1.165, 1.54) is 5.56 Å². The normalized spacial score (nSPS) is 16.6. The van der Waals surface area contributed by atoms with Gasteiger partial charge in [0.15, 0.2) is 0 Å². The van der Waals surface area contributed by atoms with Crippen molar-refractivity contribution in [3.8, 4) is 6.07 Å². The lowest BCUT2D eigenvalue weighted by molar-refractivity contribution is 0.0662. The van der Waals surface area contributed by atoms with Gasteiger partial charge < -0.3 is 10.1 Å². The highest BCUT2D eigenvalue weighted by Gasteiger charge is 2.12. The van der Waals surface area contributed by atoms with Crippen LogP contribution in [0.3, 0.4) is 0 Å². The fourth-order valence-electron chi connectivity index (χ4n) is 2.12. The van der Waals surface area contributed by atoms with Gasteiger partial charge in [0.1, 0.15) is 0 Å². The van der Waals surface area contributed by atoms with Crippen LogP contribution >= 0.6 is 0 Å². The Morgan fingerprint density at radius 1 is 1.35 bits per heavy atom. The maximum absolute atomic E-state index is 8.81. The van der Waals surface area contributed by atoms with Crippen LogP contribution in [0.2, 0.25) is 0 Å². The minimum absolute atomic E-state index is 0.732. The van der Waals surface area contributed by atoms with Gasteiger partial charge in [0.05, 0.1) is 11.6 Å². The standard InChI is InChI=1S/C14H18N2O/c15-9-13-2-1-3-14(8-13)11-16-10-12-4-6-17-7-5-12/h1-3,8,12,16H,4-7,10-11H2. The molecule has 1 saturated heterocycles. The van der Waals surface area contributed by atoms with E-state index in [1.807, 2.05) is 18.2 Å². The zero-order chi connectivity index (χ0) is 11.9. The summed E-state index contributed by atoms with van der Waals surface area (Å²) >= 11 is 0. The molecule has 1 aromatic carbocycles. The van der Waals surface area contributed by atoms with Crippen LogP contribution in [-0.4, -0.2) is 19.8 Å². The van der Waals surface area contributed by atoms with Gasteiger partial charge in [0.25, 0.3) is 0 Å². The number of ether oxygens (including phenoxy) is 1. The number of rotatable bonds is 4. The van der Waals surface area contributed by atoms with E-state index in [0.29, 0.717) is 0 Å². The van der Waals surface area contributed by atoms with E-state index in [-0.39, 0.29) is 0 Å². The summed E-state index contributed by atoms with van der Waals surface area (Å²) in [5.74, 6) is 0.739. The second-order valence-electron chi connectivity index (χ2n) is 4.50. The number of nitrogens with one attached hydrogen (secondary N) is 1. The first-order chi connectivity index (χ1) is 8.38. The van der Waals surface area contributed by atoms with Crippen LogP contribution in [-0.2, 0) is 11.3 Å². The largest absolute Gasteiger partial charge is 0.381 e. The smallest absolute Gasteiger partial charge is 0.0991 e. The molecular weight excluding hydrogens is 212 g/mol. The van der Waals surface area contributed by atoms with Crippen LogP contribution in [0.15, 0.2) is 24.3 Å². The van der Waals surface area contributed by atoms with E-state index in [9.17, 15) is 0 Å². The predicted molar refractivity (Wildman–Crippen MR) is 66.4 cm³/mol. The molecule has 90 valence electrons.